The molecule has 7 nitrogen and oxygen atoms in total. The first-order valence-corrected chi connectivity index (χ1v) is 15.7. The number of amides is 2. The summed E-state index contributed by atoms with van der Waals surface area (Å²) < 4.78 is 18.4. The van der Waals surface area contributed by atoms with Gasteiger partial charge in [0.2, 0.25) is 0 Å². The molecule has 0 saturated heterocycles. The number of carbonyl (C=O) groups is 3. The van der Waals surface area contributed by atoms with Crippen LogP contribution in [-0.4, -0.2) is 63.0 Å². The number of hydrogen-bond acceptors (Lipinski definition) is 6. The molecule has 2 heterocycles. The summed E-state index contributed by atoms with van der Waals surface area (Å²) in [7, 11) is -1.61. The first-order chi connectivity index (χ1) is 19.7. The minimum absolute atomic E-state index is 0.0115. The standard InChI is InChI=1S/C33H35NO6Si/c1-33(2,3)41(24-13-7-5-8-14-24,25-15-9-6-10-16-25)39-22-29-28(20-19-23(40-29)21-30(35)38-4)34-31(36)26-17-11-12-18-27(26)32(34)37/h5-20,23,28-29H,21-22H2,1-4H3/t23-,28-,29-/m1/s1. The molecule has 0 radical (unpaired) electrons. The number of hydrogen-bond donors (Lipinski definition) is 0. The summed E-state index contributed by atoms with van der Waals surface area (Å²) in [6, 6.07) is 26.6. The minimum atomic E-state index is -2.94. The summed E-state index contributed by atoms with van der Waals surface area (Å²) >= 11 is 0. The highest BCUT2D eigenvalue weighted by Gasteiger charge is 2.52. The van der Waals surface area contributed by atoms with Gasteiger partial charge >= 0.3 is 5.97 Å². The van der Waals surface area contributed by atoms with E-state index in [1.165, 1.54) is 12.0 Å². The minimum Gasteiger partial charge on any atom is -0.469 e. The Morgan fingerprint density at radius 1 is 0.829 bits per heavy atom. The predicted octanol–water partition coefficient (Wildman–Crippen LogP) is 4.11. The van der Waals surface area contributed by atoms with Crippen LogP contribution in [0.5, 0.6) is 0 Å². The molecule has 212 valence electrons. The Morgan fingerprint density at radius 3 is 1.83 bits per heavy atom. The van der Waals surface area contributed by atoms with Gasteiger partial charge in [-0.15, -0.1) is 0 Å². The van der Waals surface area contributed by atoms with E-state index in [9.17, 15) is 14.4 Å². The van der Waals surface area contributed by atoms with Gasteiger partial charge in [-0.05, 0) is 27.5 Å². The maximum Gasteiger partial charge on any atom is 0.308 e. The van der Waals surface area contributed by atoms with Gasteiger partial charge in [0.05, 0.1) is 43.4 Å². The molecule has 2 aliphatic rings. The average Bonchev–Trinajstić information content (AvgIpc) is 3.23. The van der Waals surface area contributed by atoms with E-state index < -0.39 is 32.5 Å². The topological polar surface area (TPSA) is 82.1 Å². The Balaban J connectivity index is 1.54. The van der Waals surface area contributed by atoms with Crippen LogP contribution in [0.1, 0.15) is 47.9 Å². The summed E-state index contributed by atoms with van der Waals surface area (Å²) in [5, 5.41) is 1.93. The van der Waals surface area contributed by atoms with E-state index in [2.05, 4.69) is 45.0 Å². The van der Waals surface area contributed by atoms with Crippen molar-refractivity contribution in [1.29, 1.82) is 0 Å². The van der Waals surface area contributed by atoms with Crippen molar-refractivity contribution in [2.24, 2.45) is 0 Å². The SMILES string of the molecule is COC(=O)C[C@H]1C=C[C@@H](N2C(=O)c3ccccc3C2=O)[C@@H](CO[Si](c2ccccc2)(c2ccccc2)C(C)(C)C)O1. The van der Waals surface area contributed by atoms with E-state index in [0.29, 0.717) is 11.1 Å². The number of benzene rings is 3. The van der Waals surface area contributed by atoms with Crippen molar-refractivity contribution >= 4 is 36.5 Å². The summed E-state index contributed by atoms with van der Waals surface area (Å²) in [6.45, 7) is 6.65. The molecule has 2 aliphatic heterocycles. The largest absolute Gasteiger partial charge is 0.469 e. The molecule has 0 aliphatic carbocycles. The van der Waals surface area contributed by atoms with Crippen LogP contribution in [0.2, 0.25) is 5.04 Å². The zero-order valence-corrected chi connectivity index (χ0v) is 24.8. The van der Waals surface area contributed by atoms with E-state index in [0.717, 1.165) is 10.4 Å². The van der Waals surface area contributed by atoms with Crippen molar-refractivity contribution in [3.05, 3.63) is 108 Å². The Hall–Kier alpha value is -3.85. The van der Waals surface area contributed by atoms with Crippen LogP contribution in [0.25, 0.3) is 0 Å². The molecule has 0 unspecified atom stereocenters. The zero-order chi connectivity index (χ0) is 29.2. The number of rotatable bonds is 8. The molecule has 0 spiro atoms. The molecule has 0 aromatic heterocycles. The van der Waals surface area contributed by atoms with Gasteiger partial charge in [0.1, 0.15) is 6.10 Å². The second-order valence-electron chi connectivity index (χ2n) is 11.4. The van der Waals surface area contributed by atoms with Gasteiger partial charge < -0.3 is 13.9 Å². The van der Waals surface area contributed by atoms with E-state index in [4.69, 9.17) is 13.9 Å². The van der Waals surface area contributed by atoms with Crippen LogP contribution in [0.3, 0.4) is 0 Å². The van der Waals surface area contributed by atoms with Gasteiger partial charge in [0.25, 0.3) is 20.1 Å². The molecule has 0 fully saturated rings. The van der Waals surface area contributed by atoms with E-state index in [1.54, 1.807) is 36.4 Å². The summed E-state index contributed by atoms with van der Waals surface area (Å²) in [4.78, 5) is 40.3. The fraction of sp³-hybridized carbons (Fsp3) is 0.303. The van der Waals surface area contributed by atoms with Crippen LogP contribution in [0, 0.1) is 0 Å². The Kier molecular flexibility index (Phi) is 8.08. The van der Waals surface area contributed by atoms with Gasteiger partial charge in [-0.1, -0.05) is 106 Å². The van der Waals surface area contributed by atoms with Gasteiger partial charge in [0, 0.05) is 0 Å². The fourth-order valence-electron chi connectivity index (χ4n) is 5.91. The number of imide groups is 1. The normalized spacial score (nSPS) is 20.7. The van der Waals surface area contributed by atoms with Crippen molar-refractivity contribution in [2.75, 3.05) is 13.7 Å². The van der Waals surface area contributed by atoms with Gasteiger partial charge in [-0.2, -0.15) is 0 Å². The molecular weight excluding hydrogens is 534 g/mol. The second-order valence-corrected chi connectivity index (χ2v) is 15.7. The van der Waals surface area contributed by atoms with Gasteiger partial charge in [0.15, 0.2) is 0 Å². The van der Waals surface area contributed by atoms with Crippen molar-refractivity contribution in [1.82, 2.24) is 4.90 Å². The van der Waals surface area contributed by atoms with Crippen LogP contribution < -0.4 is 10.4 Å². The number of fused-ring (bicyclic) bond motifs is 1. The smallest absolute Gasteiger partial charge is 0.308 e. The van der Waals surface area contributed by atoms with Crippen LogP contribution in [-0.2, 0) is 18.7 Å². The monoisotopic (exact) mass is 569 g/mol. The molecular formula is C33H35NO6Si. The van der Waals surface area contributed by atoms with Crippen molar-refractivity contribution in [3.63, 3.8) is 0 Å². The Labute approximate surface area is 241 Å². The summed E-state index contributed by atoms with van der Waals surface area (Å²) in [6.07, 6.45) is 2.24. The van der Waals surface area contributed by atoms with Crippen molar-refractivity contribution < 1.29 is 28.3 Å². The maximum atomic E-state index is 13.5. The lowest BCUT2D eigenvalue weighted by molar-refractivity contribution is -0.145. The first-order valence-electron chi connectivity index (χ1n) is 13.8. The molecule has 0 saturated carbocycles. The lowest BCUT2D eigenvalue weighted by atomic mass is 10.0. The number of carbonyl (C=O) groups excluding carboxylic acids is 3. The fourth-order valence-corrected chi connectivity index (χ4v) is 10.5. The predicted molar refractivity (Wildman–Crippen MR) is 159 cm³/mol. The number of nitrogens with zero attached hydrogens (tertiary/aromatic N) is 1. The zero-order valence-electron chi connectivity index (χ0n) is 23.8. The molecule has 5 rings (SSSR count). The quantitative estimate of drug-likeness (QED) is 0.176. The first kappa shape index (κ1) is 28.7. The van der Waals surface area contributed by atoms with Gasteiger partial charge in [-0.25, -0.2) is 0 Å². The molecule has 0 N–H and O–H groups in total. The molecule has 8 heteroatoms. The third-order valence-electron chi connectivity index (χ3n) is 7.85. The highest BCUT2D eigenvalue weighted by atomic mass is 28.4. The Morgan fingerprint density at radius 2 is 1.34 bits per heavy atom. The highest BCUT2D eigenvalue weighted by molar-refractivity contribution is 6.99. The molecule has 41 heavy (non-hydrogen) atoms. The average molecular weight is 570 g/mol. The molecule has 3 aromatic carbocycles. The lowest BCUT2D eigenvalue weighted by Crippen LogP contribution is -2.67. The van der Waals surface area contributed by atoms with Crippen molar-refractivity contribution in [2.45, 2.75) is 50.5 Å². The third kappa shape index (κ3) is 5.30. The summed E-state index contributed by atoms with van der Waals surface area (Å²) in [5.41, 5.74) is 0.739. The Bertz CT molecular complexity index is 1370. The van der Waals surface area contributed by atoms with Crippen LogP contribution in [0.4, 0.5) is 0 Å². The molecule has 2 amide bonds. The number of methoxy groups -OCH3 is 1. The third-order valence-corrected chi connectivity index (χ3v) is 12.9. The molecule has 0 bridgehead atoms. The van der Waals surface area contributed by atoms with Crippen LogP contribution in [0.15, 0.2) is 97.1 Å². The number of esters is 1. The highest BCUT2D eigenvalue weighted by Crippen LogP contribution is 2.38. The van der Waals surface area contributed by atoms with Crippen molar-refractivity contribution in [3.8, 4) is 0 Å². The van der Waals surface area contributed by atoms with Gasteiger partial charge in [-0.3, -0.25) is 19.3 Å². The summed E-state index contributed by atoms with van der Waals surface area (Å²) in [5.74, 6) is -1.15. The van der Waals surface area contributed by atoms with E-state index in [-0.39, 0.29) is 29.9 Å². The second kappa shape index (κ2) is 11.6. The molecule has 3 aromatic rings. The van der Waals surface area contributed by atoms with E-state index >= 15 is 0 Å². The van der Waals surface area contributed by atoms with E-state index in [1.807, 2.05) is 36.4 Å². The lowest BCUT2D eigenvalue weighted by Gasteiger charge is -2.45. The number of ether oxygens (including phenoxy) is 2. The van der Waals surface area contributed by atoms with Crippen LogP contribution >= 0.6 is 0 Å². The maximum absolute atomic E-state index is 13.5. The molecule has 3 atom stereocenters.